The first-order valence-corrected chi connectivity index (χ1v) is 7.01. The number of aryl methyl sites for hydroxylation is 1. The van der Waals surface area contributed by atoms with E-state index in [-0.39, 0.29) is 0 Å². The molecular weight excluding hydrogens is 258 g/mol. The lowest BCUT2D eigenvalue weighted by molar-refractivity contribution is 0.485. The molecule has 2 heterocycles. The van der Waals surface area contributed by atoms with Crippen molar-refractivity contribution in [1.29, 1.82) is 0 Å². The molecule has 0 aliphatic rings. The molecule has 0 spiro atoms. The van der Waals surface area contributed by atoms with E-state index in [0.717, 1.165) is 27.9 Å². The minimum atomic E-state index is 0.715. The van der Waals surface area contributed by atoms with E-state index < -0.39 is 0 Å². The van der Waals surface area contributed by atoms with Crippen LogP contribution in [0.5, 0.6) is 0 Å². The predicted molar refractivity (Wildman–Crippen MR) is 78.2 cm³/mol. The molecule has 19 heavy (non-hydrogen) atoms. The SMILES string of the molecule is CN(C)CSc1nnc2c3ccccc3n(C)c2n1. The Morgan fingerprint density at radius 2 is 2.00 bits per heavy atom. The van der Waals surface area contributed by atoms with Crippen LogP contribution in [0.2, 0.25) is 0 Å². The highest BCUT2D eigenvalue weighted by molar-refractivity contribution is 7.99. The Morgan fingerprint density at radius 3 is 2.79 bits per heavy atom. The van der Waals surface area contributed by atoms with Crippen molar-refractivity contribution in [3.05, 3.63) is 24.3 Å². The molecule has 0 saturated heterocycles. The Bertz CT molecular complexity index is 734. The molecule has 0 bridgehead atoms. The van der Waals surface area contributed by atoms with E-state index in [0.29, 0.717) is 5.16 Å². The number of hydrogen-bond acceptors (Lipinski definition) is 5. The van der Waals surface area contributed by atoms with Gasteiger partial charge >= 0.3 is 0 Å². The second-order valence-electron chi connectivity index (χ2n) is 4.70. The van der Waals surface area contributed by atoms with Crippen molar-refractivity contribution in [2.24, 2.45) is 7.05 Å². The normalized spacial score (nSPS) is 11.8. The predicted octanol–water partition coefficient (Wildman–Crippen LogP) is 2.13. The van der Waals surface area contributed by atoms with E-state index in [1.807, 2.05) is 33.3 Å². The molecule has 3 aromatic rings. The van der Waals surface area contributed by atoms with Crippen molar-refractivity contribution in [2.75, 3.05) is 20.0 Å². The Hall–Kier alpha value is -1.66. The van der Waals surface area contributed by atoms with Gasteiger partial charge in [0.25, 0.3) is 0 Å². The molecule has 0 aliphatic carbocycles. The average Bonchev–Trinajstić information content (AvgIpc) is 2.71. The summed E-state index contributed by atoms with van der Waals surface area (Å²) in [4.78, 5) is 6.69. The van der Waals surface area contributed by atoms with Crippen LogP contribution in [0.15, 0.2) is 29.4 Å². The van der Waals surface area contributed by atoms with Crippen molar-refractivity contribution < 1.29 is 0 Å². The van der Waals surface area contributed by atoms with Crippen LogP contribution in [-0.4, -0.2) is 44.6 Å². The van der Waals surface area contributed by atoms with Crippen molar-refractivity contribution in [3.63, 3.8) is 0 Å². The summed E-state index contributed by atoms with van der Waals surface area (Å²) in [6, 6.07) is 8.17. The fourth-order valence-electron chi connectivity index (χ4n) is 2.04. The molecule has 1 aromatic carbocycles. The number of aromatic nitrogens is 4. The molecule has 0 amide bonds. The highest BCUT2D eigenvalue weighted by Gasteiger charge is 2.12. The van der Waals surface area contributed by atoms with E-state index in [2.05, 4.69) is 36.8 Å². The van der Waals surface area contributed by atoms with E-state index in [9.17, 15) is 0 Å². The molecule has 0 atom stereocenters. The van der Waals surface area contributed by atoms with E-state index in [4.69, 9.17) is 0 Å². The molecule has 98 valence electrons. The number of thioether (sulfide) groups is 1. The van der Waals surface area contributed by atoms with Gasteiger partial charge in [0.15, 0.2) is 5.65 Å². The fourth-order valence-corrected chi connectivity index (χ4v) is 2.66. The second-order valence-corrected chi connectivity index (χ2v) is 5.61. The van der Waals surface area contributed by atoms with E-state index >= 15 is 0 Å². The van der Waals surface area contributed by atoms with Gasteiger partial charge in [0.2, 0.25) is 5.16 Å². The van der Waals surface area contributed by atoms with Crippen molar-refractivity contribution in [2.45, 2.75) is 5.16 Å². The van der Waals surface area contributed by atoms with Crippen LogP contribution in [-0.2, 0) is 7.05 Å². The largest absolute Gasteiger partial charge is 0.327 e. The highest BCUT2D eigenvalue weighted by atomic mass is 32.2. The second kappa shape index (κ2) is 4.79. The van der Waals surface area contributed by atoms with Crippen LogP contribution in [0, 0.1) is 0 Å². The number of hydrogen-bond donors (Lipinski definition) is 0. The maximum Gasteiger partial charge on any atom is 0.212 e. The molecular formula is C13H15N5S. The van der Waals surface area contributed by atoms with Gasteiger partial charge in [0.05, 0.1) is 11.4 Å². The first-order chi connectivity index (χ1) is 9.16. The minimum absolute atomic E-state index is 0.715. The maximum absolute atomic E-state index is 4.61. The molecule has 0 fully saturated rings. The molecule has 0 aliphatic heterocycles. The van der Waals surface area contributed by atoms with Gasteiger partial charge in [-0.05, 0) is 20.2 Å². The average molecular weight is 273 g/mol. The van der Waals surface area contributed by atoms with Gasteiger partial charge < -0.3 is 4.57 Å². The van der Waals surface area contributed by atoms with Crippen molar-refractivity contribution in [1.82, 2.24) is 24.6 Å². The summed E-state index contributed by atoms with van der Waals surface area (Å²) in [7, 11) is 6.06. The zero-order chi connectivity index (χ0) is 13.4. The lowest BCUT2D eigenvalue weighted by atomic mass is 10.2. The Balaban J connectivity index is 2.12. The van der Waals surface area contributed by atoms with Crippen LogP contribution in [0.25, 0.3) is 22.1 Å². The fraction of sp³-hybridized carbons (Fsp3) is 0.308. The van der Waals surface area contributed by atoms with Gasteiger partial charge in [-0.25, -0.2) is 4.98 Å². The van der Waals surface area contributed by atoms with E-state index in [1.54, 1.807) is 11.8 Å². The summed E-state index contributed by atoms with van der Waals surface area (Å²) in [6.45, 7) is 0. The van der Waals surface area contributed by atoms with Crippen LogP contribution in [0.1, 0.15) is 0 Å². The summed E-state index contributed by atoms with van der Waals surface area (Å²) in [6.07, 6.45) is 0. The lowest BCUT2D eigenvalue weighted by Gasteiger charge is -2.06. The third-order valence-corrected chi connectivity index (χ3v) is 4.02. The van der Waals surface area contributed by atoms with Gasteiger partial charge in [-0.1, -0.05) is 30.0 Å². The third-order valence-electron chi connectivity index (χ3n) is 2.94. The van der Waals surface area contributed by atoms with Gasteiger partial charge in [0.1, 0.15) is 5.52 Å². The summed E-state index contributed by atoms with van der Waals surface area (Å²) in [5.41, 5.74) is 2.89. The molecule has 0 N–H and O–H groups in total. The molecule has 0 radical (unpaired) electrons. The number of fused-ring (bicyclic) bond motifs is 3. The van der Waals surface area contributed by atoms with Crippen LogP contribution in [0.3, 0.4) is 0 Å². The number of rotatable bonds is 3. The van der Waals surface area contributed by atoms with Gasteiger partial charge in [-0.3, -0.25) is 4.90 Å². The lowest BCUT2D eigenvalue weighted by Crippen LogP contribution is -2.10. The molecule has 0 saturated carbocycles. The monoisotopic (exact) mass is 273 g/mol. The van der Waals surface area contributed by atoms with Gasteiger partial charge in [-0.15, -0.1) is 10.2 Å². The topological polar surface area (TPSA) is 46.8 Å². The molecule has 5 nitrogen and oxygen atoms in total. The smallest absolute Gasteiger partial charge is 0.212 e. The molecule has 6 heteroatoms. The molecule has 2 aromatic heterocycles. The Labute approximate surface area is 115 Å². The first-order valence-electron chi connectivity index (χ1n) is 6.02. The van der Waals surface area contributed by atoms with Crippen molar-refractivity contribution in [3.8, 4) is 0 Å². The van der Waals surface area contributed by atoms with Gasteiger partial charge in [-0.2, -0.15) is 0 Å². The summed E-state index contributed by atoms with van der Waals surface area (Å²) >= 11 is 1.59. The summed E-state index contributed by atoms with van der Waals surface area (Å²) in [5.74, 6) is 0.844. The number of nitrogens with zero attached hydrogens (tertiary/aromatic N) is 5. The van der Waals surface area contributed by atoms with Crippen molar-refractivity contribution >= 4 is 33.8 Å². The van der Waals surface area contributed by atoms with Crippen LogP contribution in [0.4, 0.5) is 0 Å². The zero-order valence-electron chi connectivity index (χ0n) is 11.2. The Kier molecular flexibility index (Phi) is 3.12. The Morgan fingerprint density at radius 1 is 1.21 bits per heavy atom. The van der Waals surface area contributed by atoms with Crippen LogP contribution < -0.4 is 0 Å². The van der Waals surface area contributed by atoms with Crippen LogP contribution >= 0.6 is 11.8 Å². The standard InChI is InChI=1S/C13H15N5S/c1-17(2)8-19-13-14-12-11(15-16-13)9-6-4-5-7-10(9)18(12)3/h4-7H,8H2,1-3H3. The summed E-state index contributed by atoms with van der Waals surface area (Å²) < 4.78 is 2.07. The third kappa shape index (κ3) is 2.17. The molecule has 3 rings (SSSR count). The van der Waals surface area contributed by atoms with E-state index in [1.165, 1.54) is 0 Å². The highest BCUT2D eigenvalue weighted by Crippen LogP contribution is 2.25. The first kappa shape index (κ1) is 12.4. The number of benzene rings is 1. The number of para-hydroxylation sites is 1. The zero-order valence-corrected chi connectivity index (χ0v) is 12.0. The maximum atomic E-state index is 4.61. The quantitative estimate of drug-likeness (QED) is 0.540. The molecule has 0 unspecified atom stereocenters. The minimum Gasteiger partial charge on any atom is -0.327 e. The van der Waals surface area contributed by atoms with Gasteiger partial charge in [0, 0.05) is 12.4 Å². The summed E-state index contributed by atoms with van der Waals surface area (Å²) in [5, 5.41) is 10.4.